The van der Waals surface area contributed by atoms with Gasteiger partial charge in [0, 0.05) is 12.4 Å². The average Bonchev–Trinajstić information content (AvgIpc) is 3.10. The number of benzene rings is 1. The highest BCUT2D eigenvalue weighted by molar-refractivity contribution is 5.79. The molecule has 0 radical (unpaired) electrons. The second-order valence-electron chi connectivity index (χ2n) is 6.34. The van der Waals surface area contributed by atoms with Gasteiger partial charge < -0.3 is 9.30 Å². The van der Waals surface area contributed by atoms with Crippen molar-refractivity contribution in [3.8, 4) is 5.75 Å². The Morgan fingerprint density at radius 1 is 0.958 bits per heavy atom. The predicted molar refractivity (Wildman–Crippen MR) is 98.5 cm³/mol. The Kier molecular flexibility index (Phi) is 8.16. The van der Waals surface area contributed by atoms with Crippen LogP contribution in [0.5, 0.6) is 5.75 Å². The third kappa shape index (κ3) is 7.03. The van der Waals surface area contributed by atoms with Crippen molar-refractivity contribution in [2.24, 2.45) is 0 Å². The minimum Gasteiger partial charge on any atom is -0.486 e. The van der Waals surface area contributed by atoms with E-state index in [0.29, 0.717) is 6.54 Å². The molecule has 3 nitrogen and oxygen atoms in total. The molecule has 0 saturated heterocycles. The Labute approximate surface area is 145 Å². The predicted octanol–water partition coefficient (Wildman–Crippen LogP) is 5.04. The van der Waals surface area contributed by atoms with Crippen molar-refractivity contribution in [3.05, 3.63) is 54.4 Å². The van der Waals surface area contributed by atoms with E-state index in [0.717, 1.165) is 12.2 Å². The summed E-state index contributed by atoms with van der Waals surface area (Å²) < 4.78 is 7.44. The third-order valence-electron chi connectivity index (χ3n) is 4.17. The number of carbonyl (C=O) groups excluding carboxylic acids is 1. The Balaban J connectivity index is 1.63. The van der Waals surface area contributed by atoms with E-state index in [2.05, 4.69) is 19.1 Å². The molecule has 1 aromatic carbocycles. The van der Waals surface area contributed by atoms with Gasteiger partial charge in [-0.3, -0.25) is 4.79 Å². The molecule has 2 aromatic rings. The number of nitrogens with zero attached hydrogens (tertiary/aromatic N) is 1. The van der Waals surface area contributed by atoms with Crippen molar-refractivity contribution >= 4 is 5.78 Å². The lowest BCUT2D eigenvalue weighted by atomic mass is 10.0. The Hall–Kier alpha value is -2.03. The van der Waals surface area contributed by atoms with Gasteiger partial charge in [-0.1, -0.05) is 51.2 Å². The number of hydrogen-bond donors (Lipinski definition) is 0. The summed E-state index contributed by atoms with van der Waals surface area (Å²) in [5, 5.41) is 0. The number of ether oxygens (including phenoxy) is 1. The SMILES string of the molecule is CCCCCCCCc1ccc(OCC(=O)Cn2cccc2)cc1. The Morgan fingerprint density at radius 2 is 1.62 bits per heavy atom. The molecule has 0 saturated carbocycles. The molecular weight excluding hydrogens is 298 g/mol. The number of aryl methyl sites for hydroxylation is 1. The second-order valence-corrected chi connectivity index (χ2v) is 6.34. The van der Waals surface area contributed by atoms with Gasteiger partial charge >= 0.3 is 0 Å². The maximum Gasteiger partial charge on any atom is 0.189 e. The summed E-state index contributed by atoms with van der Waals surface area (Å²) in [5.74, 6) is 0.838. The van der Waals surface area contributed by atoms with Crippen LogP contribution in [-0.4, -0.2) is 17.0 Å². The van der Waals surface area contributed by atoms with Crippen molar-refractivity contribution in [3.63, 3.8) is 0 Å². The first-order valence-electron chi connectivity index (χ1n) is 9.12. The number of unbranched alkanes of at least 4 members (excludes halogenated alkanes) is 5. The van der Waals surface area contributed by atoms with Crippen molar-refractivity contribution in [2.75, 3.05) is 6.61 Å². The number of Topliss-reactive ketones (excluding diaryl/α,β-unsaturated/α-hetero) is 1. The van der Waals surface area contributed by atoms with E-state index in [9.17, 15) is 4.79 Å². The van der Waals surface area contributed by atoms with Crippen LogP contribution in [0.3, 0.4) is 0 Å². The fraction of sp³-hybridized carbons (Fsp3) is 0.476. The van der Waals surface area contributed by atoms with Crippen molar-refractivity contribution in [1.29, 1.82) is 0 Å². The first-order valence-corrected chi connectivity index (χ1v) is 9.12. The maximum absolute atomic E-state index is 11.9. The molecule has 0 unspecified atom stereocenters. The Bertz CT molecular complexity index is 572. The number of aromatic nitrogens is 1. The number of rotatable bonds is 12. The van der Waals surface area contributed by atoms with Crippen LogP contribution in [0, 0.1) is 0 Å². The molecule has 0 aliphatic carbocycles. The Morgan fingerprint density at radius 3 is 2.33 bits per heavy atom. The van der Waals surface area contributed by atoms with Gasteiger partial charge in [0.1, 0.15) is 12.4 Å². The van der Waals surface area contributed by atoms with Crippen LogP contribution in [0.2, 0.25) is 0 Å². The lowest BCUT2D eigenvalue weighted by Crippen LogP contribution is -2.16. The quantitative estimate of drug-likeness (QED) is 0.511. The third-order valence-corrected chi connectivity index (χ3v) is 4.17. The van der Waals surface area contributed by atoms with Crippen LogP contribution in [0.1, 0.15) is 51.0 Å². The molecule has 0 fully saturated rings. The largest absolute Gasteiger partial charge is 0.486 e. The molecule has 130 valence electrons. The van der Waals surface area contributed by atoms with Gasteiger partial charge in [-0.05, 0) is 42.7 Å². The summed E-state index contributed by atoms with van der Waals surface area (Å²) in [6, 6.07) is 12.0. The summed E-state index contributed by atoms with van der Waals surface area (Å²) in [4.78, 5) is 11.9. The smallest absolute Gasteiger partial charge is 0.189 e. The van der Waals surface area contributed by atoms with E-state index < -0.39 is 0 Å². The standard InChI is InChI=1S/C21H29NO2/c1-2-3-4-5-6-7-10-19-11-13-21(14-12-19)24-18-20(23)17-22-15-8-9-16-22/h8-9,11-16H,2-7,10,17-18H2,1H3. The molecule has 1 aromatic heterocycles. The highest BCUT2D eigenvalue weighted by atomic mass is 16.5. The van der Waals surface area contributed by atoms with Gasteiger partial charge in [0.25, 0.3) is 0 Å². The summed E-state index contributed by atoms with van der Waals surface area (Å²) in [7, 11) is 0. The zero-order valence-corrected chi connectivity index (χ0v) is 14.7. The van der Waals surface area contributed by atoms with E-state index in [1.165, 1.54) is 44.1 Å². The summed E-state index contributed by atoms with van der Waals surface area (Å²) in [5.41, 5.74) is 1.34. The number of carbonyl (C=O) groups is 1. The summed E-state index contributed by atoms with van der Waals surface area (Å²) in [6.45, 7) is 2.73. The molecule has 24 heavy (non-hydrogen) atoms. The number of hydrogen-bond acceptors (Lipinski definition) is 2. The fourth-order valence-corrected chi connectivity index (χ4v) is 2.75. The minimum absolute atomic E-state index is 0.0716. The van der Waals surface area contributed by atoms with Gasteiger partial charge in [0.05, 0.1) is 6.54 Å². The molecule has 3 heteroatoms. The highest BCUT2D eigenvalue weighted by Crippen LogP contribution is 2.15. The number of ketones is 1. The lowest BCUT2D eigenvalue weighted by molar-refractivity contribution is -0.121. The minimum atomic E-state index is 0.0716. The summed E-state index contributed by atoms with van der Waals surface area (Å²) in [6.07, 6.45) is 12.8. The topological polar surface area (TPSA) is 31.2 Å². The van der Waals surface area contributed by atoms with Crippen LogP contribution < -0.4 is 4.74 Å². The fourth-order valence-electron chi connectivity index (χ4n) is 2.75. The van der Waals surface area contributed by atoms with E-state index in [1.54, 1.807) is 0 Å². The molecule has 1 heterocycles. The van der Waals surface area contributed by atoms with Gasteiger partial charge in [0.15, 0.2) is 5.78 Å². The van der Waals surface area contributed by atoms with Gasteiger partial charge in [-0.15, -0.1) is 0 Å². The zero-order chi connectivity index (χ0) is 17.0. The van der Waals surface area contributed by atoms with E-state index in [-0.39, 0.29) is 12.4 Å². The van der Waals surface area contributed by atoms with Crippen LogP contribution in [0.4, 0.5) is 0 Å². The lowest BCUT2D eigenvalue weighted by Gasteiger charge is -2.07. The van der Waals surface area contributed by atoms with Crippen LogP contribution in [0.15, 0.2) is 48.8 Å². The summed E-state index contributed by atoms with van der Waals surface area (Å²) >= 11 is 0. The first kappa shape index (κ1) is 18.3. The molecule has 0 N–H and O–H groups in total. The normalized spacial score (nSPS) is 10.7. The maximum atomic E-state index is 11.9. The molecule has 0 bridgehead atoms. The first-order chi connectivity index (χ1) is 11.8. The molecule has 2 rings (SSSR count). The molecule has 0 spiro atoms. The van der Waals surface area contributed by atoms with Crippen LogP contribution in [-0.2, 0) is 17.8 Å². The van der Waals surface area contributed by atoms with E-state index in [4.69, 9.17) is 4.74 Å². The van der Waals surface area contributed by atoms with E-state index in [1.807, 2.05) is 41.2 Å². The van der Waals surface area contributed by atoms with Gasteiger partial charge in [-0.25, -0.2) is 0 Å². The van der Waals surface area contributed by atoms with Crippen molar-refractivity contribution in [1.82, 2.24) is 4.57 Å². The molecule has 0 atom stereocenters. The van der Waals surface area contributed by atoms with Crippen LogP contribution >= 0.6 is 0 Å². The van der Waals surface area contributed by atoms with Crippen molar-refractivity contribution in [2.45, 2.75) is 58.4 Å². The molecule has 0 aliphatic heterocycles. The van der Waals surface area contributed by atoms with Gasteiger partial charge in [0.2, 0.25) is 0 Å². The highest BCUT2D eigenvalue weighted by Gasteiger charge is 2.04. The zero-order valence-electron chi connectivity index (χ0n) is 14.7. The van der Waals surface area contributed by atoms with Crippen LogP contribution in [0.25, 0.3) is 0 Å². The monoisotopic (exact) mass is 327 g/mol. The second kappa shape index (κ2) is 10.7. The van der Waals surface area contributed by atoms with Crippen molar-refractivity contribution < 1.29 is 9.53 Å². The molecule has 0 aliphatic rings. The average molecular weight is 327 g/mol. The van der Waals surface area contributed by atoms with Gasteiger partial charge in [-0.2, -0.15) is 0 Å². The molecule has 0 amide bonds. The van der Waals surface area contributed by atoms with E-state index >= 15 is 0 Å². The molecular formula is C21H29NO2.